The molecule has 0 spiro atoms. The van der Waals surface area contributed by atoms with Crippen LogP contribution in [-0.4, -0.2) is 69.3 Å². The number of sulfonamides is 1. The lowest BCUT2D eigenvalue weighted by Crippen LogP contribution is -2.38. The van der Waals surface area contributed by atoms with E-state index in [-0.39, 0.29) is 28.8 Å². The summed E-state index contributed by atoms with van der Waals surface area (Å²) in [5.74, 6) is -0.761. The van der Waals surface area contributed by atoms with Crippen LogP contribution in [0.15, 0.2) is 34.5 Å². The van der Waals surface area contributed by atoms with Crippen molar-refractivity contribution in [3.05, 3.63) is 45.6 Å². The van der Waals surface area contributed by atoms with Crippen molar-refractivity contribution in [2.45, 2.75) is 38.0 Å². The Hall–Kier alpha value is -2.27. The summed E-state index contributed by atoms with van der Waals surface area (Å²) in [6.45, 7) is 5.94. The normalized spacial score (nSPS) is 15.7. The number of benzene rings is 1. The summed E-state index contributed by atoms with van der Waals surface area (Å²) in [6.07, 6.45) is 2.25. The molecule has 10 heteroatoms. The molecule has 1 amide bonds. The second-order valence-corrected chi connectivity index (χ2v) is 10.7. The molecule has 2 aromatic rings. The number of methoxy groups -OCH3 is 1. The van der Waals surface area contributed by atoms with Crippen LogP contribution in [0, 0.1) is 0 Å². The van der Waals surface area contributed by atoms with Crippen molar-refractivity contribution in [2.24, 2.45) is 0 Å². The largest absolute Gasteiger partial charge is 0.465 e. The summed E-state index contributed by atoms with van der Waals surface area (Å²) in [7, 11) is -2.60. The Kier molecular flexibility index (Phi) is 8.63. The maximum Gasteiger partial charge on any atom is 0.349 e. The Labute approximate surface area is 199 Å². The van der Waals surface area contributed by atoms with Gasteiger partial charge in [-0.25, -0.2) is 13.2 Å². The maximum atomic E-state index is 13.2. The summed E-state index contributed by atoms with van der Waals surface area (Å²) in [5, 5.41) is 4.65. The van der Waals surface area contributed by atoms with Gasteiger partial charge in [-0.05, 0) is 48.4 Å². The number of aryl methyl sites for hydroxylation is 2. The van der Waals surface area contributed by atoms with E-state index in [1.807, 2.05) is 23.1 Å². The number of para-hydroxylation sites is 1. The van der Waals surface area contributed by atoms with Crippen molar-refractivity contribution < 1.29 is 22.7 Å². The van der Waals surface area contributed by atoms with Crippen LogP contribution >= 0.6 is 11.3 Å². The summed E-state index contributed by atoms with van der Waals surface area (Å²) >= 11 is 1.05. The number of hydrogen-bond acceptors (Lipinski definition) is 7. The van der Waals surface area contributed by atoms with E-state index in [1.165, 1.54) is 17.5 Å². The smallest absolute Gasteiger partial charge is 0.349 e. The lowest BCUT2D eigenvalue weighted by Gasteiger charge is -2.22. The minimum absolute atomic E-state index is 0.0196. The van der Waals surface area contributed by atoms with Crippen molar-refractivity contribution >= 4 is 38.9 Å². The maximum absolute atomic E-state index is 13.2. The highest BCUT2D eigenvalue weighted by Crippen LogP contribution is 2.27. The quantitative estimate of drug-likeness (QED) is 0.568. The highest BCUT2D eigenvalue weighted by Gasteiger charge is 2.32. The molecule has 8 nitrogen and oxygen atoms in total. The first-order valence-electron chi connectivity index (χ1n) is 11.1. The molecule has 1 aliphatic heterocycles. The summed E-state index contributed by atoms with van der Waals surface area (Å²) in [4.78, 5) is 26.8. The number of thiophene rings is 1. The van der Waals surface area contributed by atoms with E-state index in [2.05, 4.69) is 19.2 Å². The average molecular weight is 494 g/mol. The lowest BCUT2D eigenvalue weighted by atomic mass is 10.0. The van der Waals surface area contributed by atoms with Crippen molar-refractivity contribution in [2.75, 3.05) is 45.2 Å². The van der Waals surface area contributed by atoms with Crippen molar-refractivity contribution in [1.29, 1.82) is 0 Å². The molecule has 1 N–H and O–H groups in total. The number of hydrogen-bond donors (Lipinski definition) is 1. The number of rotatable bonds is 8. The fraction of sp³-hybridized carbons (Fsp3) is 0.478. The Morgan fingerprint density at radius 3 is 2.39 bits per heavy atom. The van der Waals surface area contributed by atoms with Crippen LogP contribution in [0.2, 0.25) is 0 Å². The zero-order valence-electron chi connectivity index (χ0n) is 19.3. The van der Waals surface area contributed by atoms with Crippen LogP contribution in [0.5, 0.6) is 0 Å². The van der Waals surface area contributed by atoms with Gasteiger partial charge in [0.2, 0.25) is 15.9 Å². The highest BCUT2D eigenvalue weighted by atomic mass is 32.2. The van der Waals surface area contributed by atoms with Crippen LogP contribution in [0.4, 0.5) is 5.69 Å². The minimum Gasteiger partial charge on any atom is -0.465 e. The predicted octanol–water partition coefficient (Wildman–Crippen LogP) is 2.99. The molecule has 0 unspecified atom stereocenters. The van der Waals surface area contributed by atoms with Crippen molar-refractivity contribution in [3.63, 3.8) is 0 Å². The Morgan fingerprint density at radius 2 is 1.76 bits per heavy atom. The number of ether oxygens (including phenoxy) is 1. The molecule has 0 bridgehead atoms. The standard InChI is InChI=1S/C23H31N3O5S2/c1-4-17-8-6-9-18(5-2)21(17)24-20(27)16-25-11-7-12-26(14-13-25)33(29,30)19-10-15-32-22(19)23(28)31-3/h6,8-10,15H,4-5,7,11-14,16H2,1-3H3,(H,24,27). The summed E-state index contributed by atoms with van der Waals surface area (Å²) < 4.78 is 32.5. The first-order chi connectivity index (χ1) is 15.8. The van der Waals surface area contributed by atoms with Gasteiger partial charge in [0.25, 0.3) is 0 Å². The number of anilines is 1. The first-order valence-corrected chi connectivity index (χ1v) is 13.4. The van der Waals surface area contributed by atoms with E-state index in [4.69, 9.17) is 4.74 Å². The monoisotopic (exact) mass is 493 g/mol. The molecule has 33 heavy (non-hydrogen) atoms. The highest BCUT2D eigenvalue weighted by molar-refractivity contribution is 7.89. The van der Waals surface area contributed by atoms with E-state index >= 15 is 0 Å². The molecular weight excluding hydrogens is 462 g/mol. The van der Waals surface area contributed by atoms with Gasteiger partial charge >= 0.3 is 5.97 Å². The topological polar surface area (TPSA) is 96.0 Å². The van der Waals surface area contributed by atoms with Gasteiger partial charge in [0.1, 0.15) is 9.77 Å². The summed E-state index contributed by atoms with van der Waals surface area (Å²) in [6, 6.07) is 7.50. The van der Waals surface area contributed by atoms with Crippen LogP contribution in [0.1, 0.15) is 41.1 Å². The molecule has 1 fully saturated rings. The molecular formula is C23H31N3O5S2. The molecule has 0 saturated carbocycles. The van der Waals surface area contributed by atoms with E-state index in [1.54, 1.807) is 5.38 Å². The second-order valence-electron chi connectivity index (χ2n) is 7.85. The summed E-state index contributed by atoms with van der Waals surface area (Å²) in [5.41, 5.74) is 3.10. The van der Waals surface area contributed by atoms with Gasteiger partial charge in [-0.1, -0.05) is 32.0 Å². The van der Waals surface area contributed by atoms with E-state index < -0.39 is 16.0 Å². The number of nitrogens with one attached hydrogen (secondary N) is 1. The van der Waals surface area contributed by atoms with Gasteiger partial charge in [0.15, 0.2) is 0 Å². The third kappa shape index (κ3) is 5.81. The van der Waals surface area contributed by atoms with Crippen LogP contribution in [-0.2, 0) is 32.4 Å². The molecule has 0 atom stereocenters. The average Bonchev–Trinajstić information content (AvgIpc) is 3.20. The van der Waals surface area contributed by atoms with Gasteiger partial charge in [0.05, 0.1) is 13.7 Å². The zero-order valence-corrected chi connectivity index (χ0v) is 20.9. The Morgan fingerprint density at radius 1 is 1.06 bits per heavy atom. The molecule has 3 rings (SSSR count). The van der Waals surface area contributed by atoms with Gasteiger partial charge in [-0.2, -0.15) is 4.31 Å². The molecule has 1 aliphatic rings. The molecule has 1 aromatic carbocycles. The zero-order chi connectivity index (χ0) is 24.0. The number of carbonyl (C=O) groups excluding carboxylic acids is 2. The predicted molar refractivity (Wildman–Crippen MR) is 129 cm³/mol. The van der Waals surface area contributed by atoms with E-state index in [0.29, 0.717) is 26.1 Å². The molecule has 2 heterocycles. The van der Waals surface area contributed by atoms with Gasteiger partial charge in [0, 0.05) is 25.3 Å². The third-order valence-corrected chi connectivity index (χ3v) is 8.76. The van der Waals surface area contributed by atoms with Crippen molar-refractivity contribution in [1.82, 2.24) is 9.21 Å². The first kappa shape index (κ1) is 25.4. The molecule has 1 aromatic heterocycles. The molecule has 0 radical (unpaired) electrons. The lowest BCUT2D eigenvalue weighted by molar-refractivity contribution is -0.117. The Balaban J connectivity index is 1.66. The van der Waals surface area contributed by atoms with E-state index in [0.717, 1.165) is 41.0 Å². The second kappa shape index (κ2) is 11.2. The number of amides is 1. The van der Waals surface area contributed by atoms with E-state index in [9.17, 15) is 18.0 Å². The Bertz CT molecular complexity index is 1080. The fourth-order valence-electron chi connectivity index (χ4n) is 4.01. The number of esters is 1. The molecule has 1 saturated heterocycles. The number of nitrogens with zero attached hydrogens (tertiary/aromatic N) is 2. The minimum atomic E-state index is -3.83. The molecule has 0 aliphatic carbocycles. The third-order valence-electron chi connectivity index (χ3n) is 5.80. The number of carbonyl (C=O) groups is 2. The van der Waals surface area contributed by atoms with Gasteiger partial charge in [-0.15, -0.1) is 11.3 Å². The SMILES string of the molecule is CCc1cccc(CC)c1NC(=O)CN1CCCN(S(=O)(=O)c2ccsc2C(=O)OC)CC1. The van der Waals surface area contributed by atoms with Crippen molar-refractivity contribution in [3.8, 4) is 0 Å². The molecule has 180 valence electrons. The van der Waals surface area contributed by atoms with Gasteiger partial charge in [-0.3, -0.25) is 9.69 Å². The van der Waals surface area contributed by atoms with Crippen LogP contribution in [0.3, 0.4) is 0 Å². The van der Waals surface area contributed by atoms with Crippen LogP contribution in [0.25, 0.3) is 0 Å². The van der Waals surface area contributed by atoms with Crippen LogP contribution < -0.4 is 5.32 Å². The fourth-order valence-corrected chi connectivity index (χ4v) is 6.79. The van der Waals surface area contributed by atoms with Gasteiger partial charge < -0.3 is 10.1 Å².